The number of rotatable bonds is 2. The average molecular weight is 226 g/mol. The number of likely N-dealkylation sites (tertiary alicyclic amines) is 1. The Balaban J connectivity index is 2.38. The topological polar surface area (TPSA) is 46.3 Å². The molecule has 1 aliphatic rings. The SMILES string of the molecule is CC1CN(C(=O)CCC(C)(C)C)CCC1N. The van der Waals surface area contributed by atoms with E-state index in [-0.39, 0.29) is 11.5 Å². The molecule has 3 nitrogen and oxygen atoms in total. The molecule has 1 amide bonds. The van der Waals surface area contributed by atoms with Crippen LogP contribution in [0.5, 0.6) is 0 Å². The molecule has 0 radical (unpaired) electrons. The van der Waals surface area contributed by atoms with Gasteiger partial charge in [-0.2, -0.15) is 0 Å². The molecule has 1 rings (SSSR count). The van der Waals surface area contributed by atoms with E-state index < -0.39 is 0 Å². The van der Waals surface area contributed by atoms with Gasteiger partial charge in [-0.1, -0.05) is 27.7 Å². The predicted octanol–water partition coefficient (Wildman–Crippen LogP) is 2.01. The Kier molecular flexibility index (Phi) is 4.36. The number of hydrogen-bond donors (Lipinski definition) is 1. The maximum Gasteiger partial charge on any atom is 0.222 e. The quantitative estimate of drug-likeness (QED) is 0.783. The van der Waals surface area contributed by atoms with Crippen molar-refractivity contribution in [1.29, 1.82) is 0 Å². The van der Waals surface area contributed by atoms with Gasteiger partial charge in [0.1, 0.15) is 0 Å². The van der Waals surface area contributed by atoms with Gasteiger partial charge >= 0.3 is 0 Å². The fourth-order valence-corrected chi connectivity index (χ4v) is 2.03. The summed E-state index contributed by atoms with van der Waals surface area (Å²) in [5.74, 6) is 0.737. The maximum atomic E-state index is 12.0. The summed E-state index contributed by atoms with van der Waals surface area (Å²) in [6.07, 6.45) is 2.58. The lowest BCUT2D eigenvalue weighted by atomic mass is 9.89. The first kappa shape index (κ1) is 13.5. The first-order valence-corrected chi connectivity index (χ1v) is 6.33. The Hall–Kier alpha value is -0.570. The Morgan fingerprint density at radius 1 is 1.44 bits per heavy atom. The molecule has 1 heterocycles. The Morgan fingerprint density at radius 2 is 2.06 bits per heavy atom. The van der Waals surface area contributed by atoms with E-state index in [1.807, 2.05) is 4.90 Å². The summed E-state index contributed by atoms with van der Waals surface area (Å²) < 4.78 is 0. The van der Waals surface area contributed by atoms with Crippen LogP contribution in [0.4, 0.5) is 0 Å². The largest absolute Gasteiger partial charge is 0.342 e. The molecule has 16 heavy (non-hydrogen) atoms. The fraction of sp³-hybridized carbons (Fsp3) is 0.923. The molecule has 94 valence electrons. The van der Waals surface area contributed by atoms with Crippen LogP contribution in [0.3, 0.4) is 0 Å². The first-order chi connectivity index (χ1) is 7.29. The van der Waals surface area contributed by atoms with Crippen LogP contribution in [0.25, 0.3) is 0 Å². The number of piperidine rings is 1. The van der Waals surface area contributed by atoms with Crippen molar-refractivity contribution in [3.05, 3.63) is 0 Å². The minimum atomic E-state index is 0.244. The van der Waals surface area contributed by atoms with Crippen molar-refractivity contribution in [1.82, 2.24) is 4.90 Å². The van der Waals surface area contributed by atoms with E-state index in [1.165, 1.54) is 0 Å². The molecule has 0 saturated carbocycles. The van der Waals surface area contributed by atoms with Crippen LogP contribution in [-0.4, -0.2) is 29.9 Å². The standard InChI is InChI=1S/C13H26N2O/c1-10-9-15(8-6-11(10)14)12(16)5-7-13(2,3)4/h10-11H,5-9,14H2,1-4H3. The van der Waals surface area contributed by atoms with Gasteiger partial charge in [-0.3, -0.25) is 4.79 Å². The van der Waals surface area contributed by atoms with Crippen LogP contribution >= 0.6 is 0 Å². The molecule has 1 aliphatic heterocycles. The van der Waals surface area contributed by atoms with Crippen molar-refractivity contribution in [3.8, 4) is 0 Å². The molecule has 1 saturated heterocycles. The summed E-state index contributed by atoms with van der Waals surface area (Å²) >= 11 is 0. The van der Waals surface area contributed by atoms with Crippen molar-refractivity contribution in [2.45, 2.75) is 53.0 Å². The van der Waals surface area contributed by atoms with Gasteiger partial charge in [-0.15, -0.1) is 0 Å². The summed E-state index contributed by atoms with van der Waals surface area (Å²) in [5.41, 5.74) is 6.19. The van der Waals surface area contributed by atoms with E-state index >= 15 is 0 Å². The molecule has 0 aromatic heterocycles. The van der Waals surface area contributed by atoms with E-state index in [1.54, 1.807) is 0 Å². The Labute approximate surface area is 99.4 Å². The minimum Gasteiger partial charge on any atom is -0.342 e. The lowest BCUT2D eigenvalue weighted by Gasteiger charge is -2.35. The van der Waals surface area contributed by atoms with Gasteiger partial charge in [0.25, 0.3) is 0 Å². The second kappa shape index (κ2) is 5.17. The fourth-order valence-electron chi connectivity index (χ4n) is 2.03. The summed E-state index contributed by atoms with van der Waals surface area (Å²) in [6, 6.07) is 0.270. The van der Waals surface area contributed by atoms with Crippen LogP contribution in [0.1, 0.15) is 47.0 Å². The lowest BCUT2D eigenvalue weighted by Crippen LogP contribution is -2.48. The summed E-state index contributed by atoms with van der Waals surface area (Å²) in [5, 5.41) is 0. The zero-order chi connectivity index (χ0) is 12.3. The van der Waals surface area contributed by atoms with E-state index in [9.17, 15) is 4.79 Å². The highest BCUT2D eigenvalue weighted by atomic mass is 16.2. The molecule has 1 fully saturated rings. The highest BCUT2D eigenvalue weighted by molar-refractivity contribution is 5.76. The predicted molar refractivity (Wildman–Crippen MR) is 67.0 cm³/mol. The normalized spacial score (nSPS) is 26.9. The number of amides is 1. The van der Waals surface area contributed by atoms with Crippen LogP contribution < -0.4 is 5.73 Å². The third-order valence-corrected chi connectivity index (χ3v) is 3.41. The molecule has 0 spiro atoms. The van der Waals surface area contributed by atoms with Gasteiger partial charge in [-0.05, 0) is 24.2 Å². The van der Waals surface area contributed by atoms with Crippen molar-refractivity contribution in [2.24, 2.45) is 17.1 Å². The van der Waals surface area contributed by atoms with Crippen molar-refractivity contribution >= 4 is 5.91 Å². The number of hydrogen-bond acceptors (Lipinski definition) is 2. The number of carbonyl (C=O) groups excluding carboxylic acids is 1. The maximum absolute atomic E-state index is 12.0. The van der Waals surface area contributed by atoms with Crippen molar-refractivity contribution in [2.75, 3.05) is 13.1 Å². The minimum absolute atomic E-state index is 0.244. The van der Waals surface area contributed by atoms with E-state index in [0.29, 0.717) is 18.2 Å². The van der Waals surface area contributed by atoms with E-state index in [0.717, 1.165) is 25.9 Å². The molecule has 2 N–H and O–H groups in total. The van der Waals surface area contributed by atoms with Gasteiger partial charge in [-0.25, -0.2) is 0 Å². The zero-order valence-electron chi connectivity index (χ0n) is 11.1. The van der Waals surface area contributed by atoms with Gasteiger partial charge in [0.05, 0.1) is 0 Å². The highest BCUT2D eigenvalue weighted by Crippen LogP contribution is 2.22. The van der Waals surface area contributed by atoms with Crippen LogP contribution in [0.2, 0.25) is 0 Å². The van der Waals surface area contributed by atoms with Crippen molar-refractivity contribution in [3.63, 3.8) is 0 Å². The lowest BCUT2D eigenvalue weighted by molar-refractivity contribution is -0.133. The molecule has 2 atom stereocenters. The number of carbonyl (C=O) groups is 1. The third kappa shape index (κ3) is 4.12. The molecule has 3 heteroatoms. The van der Waals surface area contributed by atoms with Crippen molar-refractivity contribution < 1.29 is 4.79 Å². The smallest absolute Gasteiger partial charge is 0.222 e. The second-order valence-electron chi connectivity index (χ2n) is 6.33. The Bertz CT molecular complexity index is 245. The van der Waals surface area contributed by atoms with Gasteiger partial charge < -0.3 is 10.6 Å². The van der Waals surface area contributed by atoms with Gasteiger partial charge in [0, 0.05) is 25.6 Å². The number of nitrogens with two attached hydrogens (primary N) is 1. The van der Waals surface area contributed by atoms with Crippen LogP contribution in [0, 0.1) is 11.3 Å². The third-order valence-electron chi connectivity index (χ3n) is 3.41. The van der Waals surface area contributed by atoms with Crippen LogP contribution in [0.15, 0.2) is 0 Å². The van der Waals surface area contributed by atoms with E-state index in [2.05, 4.69) is 27.7 Å². The average Bonchev–Trinajstić information content (AvgIpc) is 2.17. The molecule has 2 unspecified atom stereocenters. The first-order valence-electron chi connectivity index (χ1n) is 6.33. The van der Waals surface area contributed by atoms with Gasteiger partial charge in [0.2, 0.25) is 5.91 Å². The summed E-state index contributed by atoms with van der Waals surface area (Å²) in [7, 11) is 0. The summed E-state index contributed by atoms with van der Waals surface area (Å²) in [4.78, 5) is 14.0. The monoisotopic (exact) mass is 226 g/mol. The molecule has 0 aliphatic carbocycles. The molecular weight excluding hydrogens is 200 g/mol. The molecule has 0 aromatic rings. The molecule has 0 aromatic carbocycles. The summed E-state index contributed by atoms with van der Waals surface area (Å²) in [6.45, 7) is 10.3. The zero-order valence-corrected chi connectivity index (χ0v) is 11.1. The second-order valence-corrected chi connectivity index (χ2v) is 6.33. The van der Waals surface area contributed by atoms with Crippen LogP contribution in [-0.2, 0) is 4.79 Å². The van der Waals surface area contributed by atoms with E-state index in [4.69, 9.17) is 5.73 Å². The van der Waals surface area contributed by atoms with Gasteiger partial charge in [0.15, 0.2) is 0 Å². The number of nitrogens with zero attached hydrogens (tertiary/aromatic N) is 1. The molecule has 0 bridgehead atoms. The Morgan fingerprint density at radius 3 is 2.56 bits per heavy atom. The molecular formula is C13H26N2O. The highest BCUT2D eigenvalue weighted by Gasteiger charge is 2.26.